The summed E-state index contributed by atoms with van der Waals surface area (Å²) in [6, 6.07) is 20.8. The second-order valence-electron chi connectivity index (χ2n) is 5.46. The summed E-state index contributed by atoms with van der Waals surface area (Å²) in [6.07, 6.45) is 2.36. The van der Waals surface area contributed by atoms with Crippen LogP contribution < -0.4 is 4.74 Å². The highest BCUT2D eigenvalue weighted by Crippen LogP contribution is 2.53. The predicted octanol–water partition coefficient (Wildman–Crippen LogP) is 4.54. The van der Waals surface area contributed by atoms with Crippen LogP contribution in [0.5, 0.6) is 5.75 Å². The van der Waals surface area contributed by atoms with Crippen molar-refractivity contribution in [3.05, 3.63) is 66.2 Å². The molecule has 0 saturated heterocycles. The van der Waals surface area contributed by atoms with Crippen molar-refractivity contribution < 1.29 is 4.74 Å². The first-order valence-corrected chi connectivity index (χ1v) is 9.75. The van der Waals surface area contributed by atoms with E-state index in [9.17, 15) is 0 Å². The van der Waals surface area contributed by atoms with Gasteiger partial charge < -0.3 is 4.74 Å². The molecule has 0 heterocycles. The minimum Gasteiger partial charge on any atom is -0.490 e. The fourth-order valence-electron chi connectivity index (χ4n) is 2.08. The van der Waals surface area contributed by atoms with Crippen molar-refractivity contribution in [3.63, 3.8) is 0 Å². The zero-order valence-corrected chi connectivity index (χ0v) is 12.6. The molecule has 0 atom stereocenters. The van der Waals surface area contributed by atoms with Crippen molar-refractivity contribution >= 4 is 7.26 Å². The Kier molecular flexibility index (Phi) is 4.99. The fourth-order valence-corrected chi connectivity index (χ4v) is 4.03. The molecule has 2 aromatic carbocycles. The van der Waals surface area contributed by atoms with Crippen LogP contribution in [0.1, 0.15) is 5.56 Å². The first-order chi connectivity index (χ1) is 9.16. The molecular formula is C17H22OP+. The van der Waals surface area contributed by atoms with Crippen molar-refractivity contribution in [1.82, 2.24) is 0 Å². The van der Waals surface area contributed by atoms with Gasteiger partial charge in [0.2, 0.25) is 0 Å². The monoisotopic (exact) mass is 273 g/mol. The highest BCUT2D eigenvalue weighted by atomic mass is 31.2. The van der Waals surface area contributed by atoms with E-state index in [1.807, 2.05) is 30.3 Å². The van der Waals surface area contributed by atoms with Crippen LogP contribution >= 0.6 is 7.26 Å². The molecule has 0 unspecified atom stereocenters. The summed E-state index contributed by atoms with van der Waals surface area (Å²) in [4.78, 5) is 0. The lowest BCUT2D eigenvalue weighted by Crippen LogP contribution is -2.08. The van der Waals surface area contributed by atoms with Gasteiger partial charge in [-0.05, 0) is 17.7 Å². The predicted molar refractivity (Wildman–Crippen MR) is 85.7 cm³/mol. The van der Waals surface area contributed by atoms with Gasteiger partial charge in [-0.2, -0.15) is 0 Å². The second kappa shape index (κ2) is 6.73. The Morgan fingerprint density at radius 3 is 2.05 bits per heavy atom. The number of rotatable bonds is 6. The van der Waals surface area contributed by atoms with Crippen molar-refractivity contribution in [2.45, 2.75) is 6.16 Å². The maximum atomic E-state index is 5.81. The lowest BCUT2D eigenvalue weighted by atomic mass is 10.2. The molecule has 0 saturated carbocycles. The lowest BCUT2D eigenvalue weighted by Gasteiger charge is -2.18. The molecule has 0 aliphatic carbocycles. The Morgan fingerprint density at radius 1 is 0.842 bits per heavy atom. The van der Waals surface area contributed by atoms with E-state index in [1.54, 1.807) is 0 Å². The number of para-hydroxylation sites is 1. The van der Waals surface area contributed by atoms with Gasteiger partial charge in [-0.25, -0.2) is 0 Å². The van der Waals surface area contributed by atoms with Crippen molar-refractivity contribution in [2.75, 3.05) is 26.1 Å². The minimum absolute atomic E-state index is 0.817. The summed E-state index contributed by atoms with van der Waals surface area (Å²) in [5.74, 6) is 0.974. The van der Waals surface area contributed by atoms with Gasteiger partial charge in [0.25, 0.3) is 0 Å². The maximum absolute atomic E-state index is 5.81. The van der Waals surface area contributed by atoms with E-state index in [2.05, 4.69) is 43.7 Å². The highest BCUT2D eigenvalue weighted by Gasteiger charge is 2.25. The molecule has 1 nitrogen and oxygen atoms in total. The average Bonchev–Trinajstić information content (AvgIpc) is 2.40. The largest absolute Gasteiger partial charge is 0.490 e. The molecule has 19 heavy (non-hydrogen) atoms. The normalized spacial score (nSPS) is 11.3. The molecule has 0 aliphatic rings. The van der Waals surface area contributed by atoms with Gasteiger partial charge in [-0.1, -0.05) is 48.5 Å². The van der Waals surface area contributed by atoms with E-state index >= 15 is 0 Å². The smallest absolute Gasteiger partial charge is 0.122 e. The molecule has 0 radical (unpaired) electrons. The molecule has 2 aromatic rings. The van der Waals surface area contributed by atoms with Crippen molar-refractivity contribution in [3.8, 4) is 5.75 Å². The first-order valence-electron chi connectivity index (χ1n) is 6.69. The van der Waals surface area contributed by atoms with Crippen LogP contribution in [0, 0.1) is 0 Å². The molecule has 0 aliphatic heterocycles. The van der Waals surface area contributed by atoms with Crippen molar-refractivity contribution in [1.29, 1.82) is 0 Å². The Hall–Kier alpha value is -1.33. The highest BCUT2D eigenvalue weighted by molar-refractivity contribution is 7.73. The number of hydrogen-bond donors (Lipinski definition) is 0. The van der Waals surface area contributed by atoms with E-state index < -0.39 is 7.26 Å². The van der Waals surface area contributed by atoms with Gasteiger partial charge in [0.15, 0.2) is 0 Å². The van der Waals surface area contributed by atoms with E-state index in [1.165, 1.54) is 11.7 Å². The van der Waals surface area contributed by atoms with Crippen LogP contribution in [-0.4, -0.2) is 26.1 Å². The number of benzene rings is 2. The standard InChI is InChI=1S/C17H22OP/c1-19(2,15-16-9-5-3-6-10-16)14-13-18-17-11-7-4-8-12-17/h3-12H,13-15H2,1-2H3/q+1. The van der Waals surface area contributed by atoms with Crippen LogP contribution in [0.4, 0.5) is 0 Å². The zero-order valence-electron chi connectivity index (χ0n) is 11.8. The van der Waals surface area contributed by atoms with E-state index in [0.29, 0.717) is 0 Å². The molecule has 0 fully saturated rings. The third kappa shape index (κ3) is 5.04. The summed E-state index contributed by atoms with van der Waals surface area (Å²) < 4.78 is 5.81. The minimum atomic E-state index is -0.926. The molecule has 2 heteroatoms. The Bertz CT molecular complexity index is 479. The second-order valence-corrected chi connectivity index (χ2v) is 10.1. The van der Waals surface area contributed by atoms with E-state index in [0.717, 1.165) is 18.5 Å². The summed E-state index contributed by atoms with van der Waals surface area (Å²) in [5.41, 5.74) is 1.44. The summed E-state index contributed by atoms with van der Waals surface area (Å²) in [7, 11) is -0.926. The summed E-state index contributed by atoms with van der Waals surface area (Å²) in [5, 5.41) is 0. The van der Waals surface area contributed by atoms with Crippen LogP contribution in [0.3, 0.4) is 0 Å². The quantitative estimate of drug-likeness (QED) is 0.702. The van der Waals surface area contributed by atoms with Crippen molar-refractivity contribution in [2.24, 2.45) is 0 Å². The molecule has 0 bridgehead atoms. The average molecular weight is 273 g/mol. The third-order valence-electron chi connectivity index (χ3n) is 3.16. The third-order valence-corrected chi connectivity index (χ3v) is 5.78. The number of hydrogen-bond acceptors (Lipinski definition) is 1. The van der Waals surface area contributed by atoms with E-state index in [-0.39, 0.29) is 0 Å². The molecular weight excluding hydrogens is 251 g/mol. The molecule has 0 spiro atoms. The van der Waals surface area contributed by atoms with Crippen LogP contribution in [-0.2, 0) is 6.16 Å². The molecule has 0 N–H and O–H groups in total. The number of ether oxygens (including phenoxy) is 1. The van der Waals surface area contributed by atoms with Crippen LogP contribution in [0.25, 0.3) is 0 Å². The fraction of sp³-hybridized carbons (Fsp3) is 0.294. The Morgan fingerprint density at radius 2 is 1.42 bits per heavy atom. The Balaban J connectivity index is 1.81. The van der Waals surface area contributed by atoms with Gasteiger partial charge in [-0.15, -0.1) is 0 Å². The Labute approximate surface area is 117 Å². The summed E-state index contributed by atoms with van der Waals surface area (Å²) in [6.45, 7) is 5.64. The van der Waals surface area contributed by atoms with Crippen LogP contribution in [0.15, 0.2) is 60.7 Å². The lowest BCUT2D eigenvalue weighted by molar-refractivity contribution is 0.342. The van der Waals surface area contributed by atoms with Gasteiger partial charge in [-0.3, -0.25) is 0 Å². The van der Waals surface area contributed by atoms with Gasteiger partial charge in [0.1, 0.15) is 12.4 Å². The van der Waals surface area contributed by atoms with Crippen LogP contribution in [0.2, 0.25) is 0 Å². The molecule has 0 aromatic heterocycles. The van der Waals surface area contributed by atoms with Gasteiger partial charge in [0, 0.05) is 20.6 Å². The van der Waals surface area contributed by atoms with E-state index in [4.69, 9.17) is 4.74 Å². The maximum Gasteiger partial charge on any atom is 0.122 e. The SMILES string of the molecule is C[P+](C)(CCOc1ccccc1)Cc1ccccc1. The topological polar surface area (TPSA) is 9.23 Å². The van der Waals surface area contributed by atoms with Gasteiger partial charge >= 0.3 is 0 Å². The molecule has 100 valence electrons. The molecule has 2 rings (SSSR count). The zero-order chi connectivity index (χ0) is 13.6. The van der Waals surface area contributed by atoms with Gasteiger partial charge in [0.05, 0.1) is 12.3 Å². The summed E-state index contributed by atoms with van der Waals surface area (Å²) >= 11 is 0. The first kappa shape index (κ1) is 14.1. The molecule has 0 amide bonds.